The summed E-state index contributed by atoms with van der Waals surface area (Å²) in [6.07, 6.45) is 4.82. The molecule has 9 nitrogen and oxygen atoms in total. The zero-order valence-electron chi connectivity index (χ0n) is 18.4. The zero-order chi connectivity index (χ0) is 23.8. The molecule has 1 aromatic carbocycles. The van der Waals surface area contributed by atoms with Gasteiger partial charge in [0.05, 0.1) is 22.4 Å². The van der Waals surface area contributed by atoms with Gasteiger partial charge in [0.2, 0.25) is 0 Å². The monoisotopic (exact) mass is 473 g/mol. The summed E-state index contributed by atoms with van der Waals surface area (Å²) in [4.78, 5) is 13.6. The summed E-state index contributed by atoms with van der Waals surface area (Å²) in [7, 11) is -3.51. The predicted octanol–water partition coefficient (Wildman–Crippen LogP) is 3.65. The quantitative estimate of drug-likeness (QED) is 0.603. The molecule has 33 heavy (non-hydrogen) atoms. The van der Waals surface area contributed by atoms with Crippen LogP contribution in [0.5, 0.6) is 0 Å². The van der Waals surface area contributed by atoms with Crippen LogP contribution in [-0.2, 0) is 14.6 Å². The van der Waals surface area contributed by atoms with E-state index >= 15 is 0 Å². The molecule has 0 unspecified atom stereocenters. The first-order valence-corrected chi connectivity index (χ1v) is 12.3. The van der Waals surface area contributed by atoms with E-state index in [0.29, 0.717) is 36.7 Å². The van der Waals surface area contributed by atoms with Crippen molar-refractivity contribution in [2.45, 2.75) is 31.3 Å². The van der Waals surface area contributed by atoms with Gasteiger partial charge in [-0.1, -0.05) is 6.08 Å². The number of pyridine rings is 1. The third-order valence-electron chi connectivity index (χ3n) is 5.16. The number of carbonyl (C=O) groups excluding carboxylic acids is 1. The molecule has 1 N–H and O–H groups in total. The second kappa shape index (κ2) is 8.81. The van der Waals surface area contributed by atoms with Crippen molar-refractivity contribution in [2.75, 3.05) is 24.7 Å². The molecule has 0 radical (unpaired) electrons. The topological polar surface area (TPSA) is 106 Å². The fraction of sp³-hybridized carbons (Fsp3) is 0.318. The third kappa shape index (κ3) is 4.82. The molecule has 2 aromatic heterocycles. The van der Waals surface area contributed by atoms with Crippen molar-refractivity contribution in [1.82, 2.24) is 19.5 Å². The van der Waals surface area contributed by atoms with E-state index in [-0.39, 0.29) is 22.8 Å². The predicted molar refractivity (Wildman–Crippen MR) is 122 cm³/mol. The van der Waals surface area contributed by atoms with Gasteiger partial charge in [-0.25, -0.2) is 17.6 Å². The summed E-state index contributed by atoms with van der Waals surface area (Å²) >= 11 is 0. The number of aromatic nitrogens is 3. The van der Waals surface area contributed by atoms with E-state index in [2.05, 4.69) is 15.5 Å². The molecule has 11 heteroatoms. The highest BCUT2D eigenvalue weighted by atomic mass is 32.2. The fourth-order valence-corrected chi connectivity index (χ4v) is 4.15. The Morgan fingerprint density at radius 3 is 2.64 bits per heavy atom. The van der Waals surface area contributed by atoms with E-state index in [1.54, 1.807) is 27.6 Å². The number of ether oxygens (including phenoxy) is 1. The Morgan fingerprint density at radius 2 is 2.00 bits per heavy atom. The number of anilines is 2. The van der Waals surface area contributed by atoms with E-state index in [1.165, 1.54) is 12.1 Å². The van der Waals surface area contributed by atoms with E-state index < -0.39 is 15.7 Å². The molecule has 3 heterocycles. The van der Waals surface area contributed by atoms with Gasteiger partial charge in [-0.05, 0) is 56.2 Å². The van der Waals surface area contributed by atoms with Gasteiger partial charge in [-0.15, -0.1) is 10.2 Å². The molecule has 3 aromatic rings. The smallest absolute Gasteiger partial charge is 0.410 e. The number of nitrogens with one attached hydrogen (secondary N) is 1. The second-order valence-corrected chi connectivity index (χ2v) is 10.1. The van der Waals surface area contributed by atoms with Crippen LogP contribution in [0.4, 0.5) is 20.6 Å². The van der Waals surface area contributed by atoms with Gasteiger partial charge in [0, 0.05) is 25.5 Å². The molecule has 0 spiro atoms. The first-order chi connectivity index (χ1) is 15.6. The number of carbonyl (C=O) groups is 1. The number of nitrogens with zero attached hydrogens (tertiary/aromatic N) is 4. The Bertz CT molecular complexity index is 1350. The summed E-state index contributed by atoms with van der Waals surface area (Å²) in [5, 5.41) is 11.5. The van der Waals surface area contributed by atoms with Crippen molar-refractivity contribution in [3.05, 3.63) is 54.2 Å². The molecule has 0 saturated carbocycles. The summed E-state index contributed by atoms with van der Waals surface area (Å²) in [6, 6.07) is 7.22. The lowest BCUT2D eigenvalue weighted by atomic mass is 10.1. The van der Waals surface area contributed by atoms with Crippen molar-refractivity contribution >= 4 is 38.5 Å². The molecular formula is C22H24FN5O4S. The first kappa shape index (κ1) is 22.7. The molecule has 1 aliphatic heterocycles. The van der Waals surface area contributed by atoms with Crippen LogP contribution in [0.2, 0.25) is 0 Å². The maximum atomic E-state index is 14.5. The Hall–Kier alpha value is -3.47. The lowest BCUT2D eigenvalue weighted by molar-refractivity contribution is 0.0799. The van der Waals surface area contributed by atoms with Crippen molar-refractivity contribution in [3.8, 4) is 0 Å². The van der Waals surface area contributed by atoms with Crippen molar-refractivity contribution < 1.29 is 22.3 Å². The minimum absolute atomic E-state index is 0.0934. The molecular weight excluding hydrogens is 449 g/mol. The van der Waals surface area contributed by atoms with Gasteiger partial charge in [-0.2, -0.15) is 0 Å². The van der Waals surface area contributed by atoms with E-state index in [0.717, 1.165) is 17.9 Å². The van der Waals surface area contributed by atoms with Crippen LogP contribution in [0.15, 0.2) is 47.5 Å². The molecule has 1 aliphatic rings. The van der Waals surface area contributed by atoms with Crippen LogP contribution in [0, 0.1) is 5.82 Å². The van der Waals surface area contributed by atoms with Crippen LogP contribution in [0.1, 0.15) is 26.1 Å². The van der Waals surface area contributed by atoms with Gasteiger partial charge >= 0.3 is 6.09 Å². The minimum Gasteiger partial charge on any atom is -0.447 e. The van der Waals surface area contributed by atoms with Crippen LogP contribution in [-0.4, -0.2) is 59.5 Å². The van der Waals surface area contributed by atoms with Crippen molar-refractivity contribution in [1.29, 1.82) is 0 Å². The van der Waals surface area contributed by atoms with E-state index in [9.17, 15) is 17.6 Å². The third-order valence-corrected chi connectivity index (χ3v) is 6.27. The molecule has 0 bridgehead atoms. The summed E-state index contributed by atoms with van der Waals surface area (Å²) in [6.45, 7) is 4.53. The zero-order valence-corrected chi connectivity index (χ0v) is 19.3. The number of fused-ring (bicyclic) bond motifs is 1. The van der Waals surface area contributed by atoms with Gasteiger partial charge in [0.15, 0.2) is 21.3 Å². The number of hydrogen-bond acceptors (Lipinski definition) is 7. The normalized spacial score (nSPS) is 14.5. The molecule has 0 saturated heterocycles. The molecule has 0 fully saturated rings. The lowest BCUT2D eigenvalue weighted by Gasteiger charge is -2.26. The number of hydrogen-bond donors (Lipinski definition) is 1. The Labute approximate surface area is 190 Å². The number of halogens is 1. The van der Waals surface area contributed by atoms with Crippen LogP contribution in [0.3, 0.4) is 0 Å². The average molecular weight is 474 g/mol. The molecule has 174 valence electrons. The fourth-order valence-electron chi connectivity index (χ4n) is 3.52. The minimum atomic E-state index is -3.51. The highest BCUT2D eigenvalue weighted by Gasteiger charge is 2.22. The highest BCUT2D eigenvalue weighted by Crippen LogP contribution is 2.28. The standard InChI is InChI=1S/C22H24FN5O4S/c1-14(2)32-22(29)27-11-8-15(9-12-27)20-25-26-21-19(5-4-10-28(20)21)24-18-7-6-16(13-17(18)23)33(3,30)31/h4-8,10,13-14,24H,9,11-12H2,1-3H3. The SMILES string of the molecule is CC(C)OC(=O)N1CC=C(c2nnc3c(Nc4ccc(S(C)(=O)=O)cc4F)cccn23)CC1. The number of amides is 1. The highest BCUT2D eigenvalue weighted by molar-refractivity contribution is 7.90. The van der Waals surface area contributed by atoms with Crippen molar-refractivity contribution in [2.24, 2.45) is 0 Å². The Balaban J connectivity index is 1.58. The summed E-state index contributed by atoms with van der Waals surface area (Å²) < 4.78 is 44.8. The lowest BCUT2D eigenvalue weighted by Crippen LogP contribution is -2.36. The van der Waals surface area contributed by atoms with Gasteiger partial charge < -0.3 is 15.0 Å². The van der Waals surface area contributed by atoms with Gasteiger partial charge in [0.1, 0.15) is 5.82 Å². The van der Waals surface area contributed by atoms with Crippen LogP contribution >= 0.6 is 0 Å². The van der Waals surface area contributed by atoms with Crippen LogP contribution in [0.25, 0.3) is 11.2 Å². The Kier molecular flexibility index (Phi) is 6.07. The number of sulfone groups is 1. The molecule has 0 atom stereocenters. The first-order valence-electron chi connectivity index (χ1n) is 10.4. The molecule has 1 amide bonds. The number of rotatable bonds is 5. The molecule has 4 rings (SSSR count). The van der Waals surface area contributed by atoms with Crippen LogP contribution < -0.4 is 5.32 Å². The maximum absolute atomic E-state index is 14.5. The average Bonchev–Trinajstić information content (AvgIpc) is 3.19. The maximum Gasteiger partial charge on any atom is 0.410 e. The summed E-state index contributed by atoms with van der Waals surface area (Å²) in [5.41, 5.74) is 2.07. The molecule has 0 aliphatic carbocycles. The van der Waals surface area contributed by atoms with E-state index in [4.69, 9.17) is 4.74 Å². The second-order valence-electron chi connectivity index (χ2n) is 8.04. The summed E-state index contributed by atoms with van der Waals surface area (Å²) in [5.74, 6) is -0.0542. The van der Waals surface area contributed by atoms with E-state index in [1.807, 2.05) is 19.9 Å². The largest absolute Gasteiger partial charge is 0.447 e. The number of benzene rings is 1. The van der Waals surface area contributed by atoms with Crippen molar-refractivity contribution in [3.63, 3.8) is 0 Å². The van der Waals surface area contributed by atoms with Gasteiger partial charge in [-0.3, -0.25) is 4.40 Å². The Morgan fingerprint density at radius 1 is 1.21 bits per heavy atom. The van der Waals surface area contributed by atoms with Gasteiger partial charge in [0.25, 0.3) is 0 Å².